The molecule has 76 valence electrons. The van der Waals surface area contributed by atoms with Gasteiger partial charge in [-0.25, -0.2) is 0 Å². The SMILES string of the molecule is CC1(C)CC(C)(c2cccc(N)c2)C1. The summed E-state index contributed by atoms with van der Waals surface area (Å²) in [7, 11) is 0. The first-order valence-electron chi connectivity index (χ1n) is 5.27. The number of benzene rings is 1. The van der Waals surface area contributed by atoms with Gasteiger partial charge in [0, 0.05) is 5.69 Å². The average molecular weight is 189 g/mol. The lowest BCUT2D eigenvalue weighted by atomic mass is 9.53. The van der Waals surface area contributed by atoms with Crippen molar-refractivity contribution in [2.24, 2.45) is 5.41 Å². The zero-order valence-corrected chi connectivity index (χ0v) is 9.30. The van der Waals surface area contributed by atoms with Crippen LogP contribution in [0.5, 0.6) is 0 Å². The standard InChI is InChI=1S/C13H19N/c1-12(2)8-13(3,9-12)10-5-4-6-11(14)7-10/h4-7H,8-9,14H2,1-3H3. The van der Waals surface area contributed by atoms with E-state index in [0.29, 0.717) is 10.8 Å². The number of rotatable bonds is 1. The third kappa shape index (κ3) is 1.52. The van der Waals surface area contributed by atoms with E-state index in [-0.39, 0.29) is 0 Å². The van der Waals surface area contributed by atoms with Crippen LogP contribution < -0.4 is 5.73 Å². The molecule has 0 radical (unpaired) electrons. The van der Waals surface area contributed by atoms with Crippen LogP contribution in [0.2, 0.25) is 0 Å². The van der Waals surface area contributed by atoms with Crippen LogP contribution in [0.15, 0.2) is 24.3 Å². The summed E-state index contributed by atoms with van der Waals surface area (Å²) < 4.78 is 0. The third-order valence-electron chi connectivity index (χ3n) is 3.32. The van der Waals surface area contributed by atoms with Crippen molar-refractivity contribution in [2.45, 2.75) is 39.0 Å². The molecule has 0 bridgehead atoms. The number of anilines is 1. The van der Waals surface area contributed by atoms with E-state index in [9.17, 15) is 0 Å². The summed E-state index contributed by atoms with van der Waals surface area (Å²) in [4.78, 5) is 0. The second kappa shape index (κ2) is 2.75. The highest BCUT2D eigenvalue weighted by Crippen LogP contribution is 2.55. The molecule has 1 saturated carbocycles. The zero-order valence-electron chi connectivity index (χ0n) is 9.30. The normalized spacial score (nSPS) is 22.8. The van der Waals surface area contributed by atoms with Crippen molar-refractivity contribution in [2.75, 3.05) is 5.73 Å². The number of hydrogen-bond acceptors (Lipinski definition) is 1. The molecule has 0 heterocycles. The molecule has 1 aliphatic rings. The number of hydrogen-bond donors (Lipinski definition) is 1. The monoisotopic (exact) mass is 189 g/mol. The molecule has 0 saturated heterocycles. The maximum atomic E-state index is 5.80. The highest BCUT2D eigenvalue weighted by atomic mass is 14.6. The smallest absolute Gasteiger partial charge is 0.0316 e. The lowest BCUT2D eigenvalue weighted by molar-refractivity contribution is 0.0718. The van der Waals surface area contributed by atoms with Crippen LogP contribution in [0, 0.1) is 5.41 Å². The van der Waals surface area contributed by atoms with E-state index in [1.165, 1.54) is 18.4 Å². The molecular formula is C13H19N. The molecule has 2 N–H and O–H groups in total. The van der Waals surface area contributed by atoms with Gasteiger partial charge in [0.15, 0.2) is 0 Å². The van der Waals surface area contributed by atoms with Crippen LogP contribution >= 0.6 is 0 Å². The van der Waals surface area contributed by atoms with E-state index in [2.05, 4.69) is 39.0 Å². The molecule has 1 aliphatic carbocycles. The first kappa shape index (κ1) is 9.57. The van der Waals surface area contributed by atoms with E-state index in [4.69, 9.17) is 5.73 Å². The minimum atomic E-state index is 0.360. The van der Waals surface area contributed by atoms with E-state index in [1.807, 2.05) is 6.07 Å². The van der Waals surface area contributed by atoms with Gasteiger partial charge in [-0.3, -0.25) is 0 Å². The Hall–Kier alpha value is -0.980. The van der Waals surface area contributed by atoms with Crippen molar-refractivity contribution in [3.63, 3.8) is 0 Å². The Morgan fingerprint density at radius 3 is 2.29 bits per heavy atom. The minimum Gasteiger partial charge on any atom is -0.399 e. The van der Waals surface area contributed by atoms with Gasteiger partial charge in [-0.05, 0) is 41.4 Å². The first-order valence-corrected chi connectivity index (χ1v) is 5.27. The summed E-state index contributed by atoms with van der Waals surface area (Å²) in [5.74, 6) is 0. The van der Waals surface area contributed by atoms with Gasteiger partial charge in [0.05, 0.1) is 0 Å². The van der Waals surface area contributed by atoms with Crippen molar-refractivity contribution in [3.05, 3.63) is 29.8 Å². The molecule has 0 aromatic heterocycles. The van der Waals surface area contributed by atoms with Crippen molar-refractivity contribution >= 4 is 5.69 Å². The molecule has 0 amide bonds. The Morgan fingerprint density at radius 1 is 1.14 bits per heavy atom. The van der Waals surface area contributed by atoms with Gasteiger partial charge in [0.2, 0.25) is 0 Å². The molecule has 0 aliphatic heterocycles. The fourth-order valence-corrected chi connectivity index (χ4v) is 3.18. The summed E-state index contributed by atoms with van der Waals surface area (Å²) in [5.41, 5.74) is 8.96. The van der Waals surface area contributed by atoms with Gasteiger partial charge >= 0.3 is 0 Å². The van der Waals surface area contributed by atoms with Crippen molar-refractivity contribution < 1.29 is 0 Å². The van der Waals surface area contributed by atoms with Gasteiger partial charge < -0.3 is 5.73 Å². The zero-order chi connectivity index (χ0) is 10.4. The molecule has 0 spiro atoms. The summed E-state index contributed by atoms with van der Waals surface area (Å²) in [6, 6.07) is 8.33. The van der Waals surface area contributed by atoms with Gasteiger partial charge in [-0.1, -0.05) is 32.9 Å². The Morgan fingerprint density at radius 2 is 1.79 bits per heavy atom. The fraction of sp³-hybridized carbons (Fsp3) is 0.538. The fourth-order valence-electron chi connectivity index (χ4n) is 3.18. The third-order valence-corrected chi connectivity index (χ3v) is 3.32. The molecule has 1 aromatic rings. The maximum absolute atomic E-state index is 5.80. The quantitative estimate of drug-likeness (QED) is 0.674. The highest BCUT2D eigenvalue weighted by molar-refractivity contribution is 5.44. The second-order valence-electron chi connectivity index (χ2n) is 5.70. The predicted octanol–water partition coefficient (Wildman–Crippen LogP) is 3.35. The number of nitrogens with two attached hydrogens (primary N) is 1. The molecular weight excluding hydrogens is 170 g/mol. The molecule has 2 rings (SSSR count). The average Bonchev–Trinajstić information content (AvgIpc) is 2.00. The summed E-state index contributed by atoms with van der Waals surface area (Å²) in [6.07, 6.45) is 2.53. The van der Waals surface area contributed by atoms with Gasteiger partial charge in [-0.2, -0.15) is 0 Å². The van der Waals surface area contributed by atoms with E-state index in [1.54, 1.807) is 0 Å². The minimum absolute atomic E-state index is 0.360. The van der Waals surface area contributed by atoms with Crippen LogP contribution in [-0.4, -0.2) is 0 Å². The molecule has 1 nitrogen and oxygen atoms in total. The van der Waals surface area contributed by atoms with Crippen molar-refractivity contribution in [1.82, 2.24) is 0 Å². The van der Waals surface area contributed by atoms with Crippen LogP contribution in [0.3, 0.4) is 0 Å². The van der Waals surface area contributed by atoms with Gasteiger partial charge in [-0.15, -0.1) is 0 Å². The predicted molar refractivity (Wildman–Crippen MR) is 61.2 cm³/mol. The molecule has 0 unspecified atom stereocenters. The highest BCUT2D eigenvalue weighted by Gasteiger charge is 2.46. The molecule has 1 aromatic carbocycles. The first-order chi connectivity index (χ1) is 6.41. The Labute approximate surface area is 86.3 Å². The summed E-state index contributed by atoms with van der Waals surface area (Å²) in [5, 5.41) is 0. The lowest BCUT2D eigenvalue weighted by Gasteiger charge is -2.52. The number of nitrogen functional groups attached to an aromatic ring is 1. The molecule has 1 fully saturated rings. The Kier molecular flexibility index (Phi) is 1.88. The van der Waals surface area contributed by atoms with Crippen LogP contribution in [0.25, 0.3) is 0 Å². The van der Waals surface area contributed by atoms with Crippen molar-refractivity contribution in [3.8, 4) is 0 Å². The Balaban J connectivity index is 2.25. The largest absolute Gasteiger partial charge is 0.399 e. The van der Waals surface area contributed by atoms with Crippen LogP contribution in [0.4, 0.5) is 5.69 Å². The summed E-state index contributed by atoms with van der Waals surface area (Å²) in [6.45, 7) is 7.01. The summed E-state index contributed by atoms with van der Waals surface area (Å²) >= 11 is 0. The topological polar surface area (TPSA) is 26.0 Å². The van der Waals surface area contributed by atoms with Crippen molar-refractivity contribution in [1.29, 1.82) is 0 Å². The van der Waals surface area contributed by atoms with Gasteiger partial charge in [0.25, 0.3) is 0 Å². The van der Waals surface area contributed by atoms with Crippen LogP contribution in [-0.2, 0) is 5.41 Å². The van der Waals surface area contributed by atoms with E-state index < -0.39 is 0 Å². The Bertz CT molecular complexity index is 344. The second-order valence-corrected chi connectivity index (χ2v) is 5.70. The molecule has 14 heavy (non-hydrogen) atoms. The molecule has 0 atom stereocenters. The lowest BCUT2D eigenvalue weighted by Crippen LogP contribution is -2.44. The van der Waals surface area contributed by atoms with E-state index in [0.717, 1.165) is 5.69 Å². The van der Waals surface area contributed by atoms with Gasteiger partial charge in [0.1, 0.15) is 0 Å². The van der Waals surface area contributed by atoms with E-state index >= 15 is 0 Å². The molecule has 1 heteroatoms. The van der Waals surface area contributed by atoms with Crippen LogP contribution in [0.1, 0.15) is 39.2 Å². The maximum Gasteiger partial charge on any atom is 0.0316 e.